The molecule has 0 amide bonds. The lowest BCUT2D eigenvalue weighted by atomic mass is 10.1. The van der Waals surface area contributed by atoms with Crippen molar-refractivity contribution in [2.45, 2.75) is 25.4 Å². The van der Waals surface area contributed by atoms with Crippen LogP contribution in [0.2, 0.25) is 0 Å². The van der Waals surface area contributed by atoms with Crippen LogP contribution in [0.25, 0.3) is 0 Å². The fourth-order valence-corrected chi connectivity index (χ4v) is 1.27. The summed E-state index contributed by atoms with van der Waals surface area (Å²) in [7, 11) is 0. The van der Waals surface area contributed by atoms with Crippen LogP contribution in [0.15, 0.2) is 30.3 Å². The number of benzene rings is 1. The SMILES string of the molecule is OCCC#CC(O)CCc1ccccc1. The number of hydrogen-bond donors (Lipinski definition) is 2. The van der Waals surface area contributed by atoms with Gasteiger partial charge in [-0.3, -0.25) is 0 Å². The Bertz CT molecular complexity index is 321. The number of hydrogen-bond acceptors (Lipinski definition) is 2. The molecular formula is C13H16O2. The Balaban J connectivity index is 2.29. The van der Waals surface area contributed by atoms with E-state index in [1.807, 2.05) is 30.3 Å². The summed E-state index contributed by atoms with van der Waals surface area (Å²) in [6.07, 6.45) is 1.32. The first-order valence-electron chi connectivity index (χ1n) is 5.14. The van der Waals surface area contributed by atoms with Crippen LogP contribution in [0.5, 0.6) is 0 Å². The van der Waals surface area contributed by atoms with Gasteiger partial charge in [-0.1, -0.05) is 42.2 Å². The van der Waals surface area contributed by atoms with E-state index in [0.717, 1.165) is 6.42 Å². The Kier molecular flexibility index (Phi) is 5.54. The molecule has 0 aliphatic rings. The van der Waals surface area contributed by atoms with Crippen LogP contribution in [-0.4, -0.2) is 22.9 Å². The Labute approximate surface area is 90.6 Å². The van der Waals surface area contributed by atoms with Crippen molar-refractivity contribution in [1.82, 2.24) is 0 Å². The van der Waals surface area contributed by atoms with Crippen molar-refractivity contribution in [1.29, 1.82) is 0 Å². The molecule has 0 aliphatic carbocycles. The third-order valence-corrected chi connectivity index (χ3v) is 2.05. The van der Waals surface area contributed by atoms with Crippen molar-refractivity contribution in [2.75, 3.05) is 6.61 Å². The van der Waals surface area contributed by atoms with Gasteiger partial charge in [-0.2, -0.15) is 0 Å². The van der Waals surface area contributed by atoms with Gasteiger partial charge in [0, 0.05) is 6.42 Å². The summed E-state index contributed by atoms with van der Waals surface area (Å²) in [5.41, 5.74) is 1.21. The Hall–Kier alpha value is -1.30. The second-order valence-corrected chi connectivity index (χ2v) is 3.33. The Morgan fingerprint density at radius 1 is 1.20 bits per heavy atom. The summed E-state index contributed by atoms with van der Waals surface area (Å²) in [6.45, 7) is 0.0540. The van der Waals surface area contributed by atoms with Gasteiger partial charge in [0.2, 0.25) is 0 Å². The number of aliphatic hydroxyl groups is 2. The highest BCUT2D eigenvalue weighted by molar-refractivity contribution is 5.15. The molecule has 0 heterocycles. The lowest BCUT2D eigenvalue weighted by Crippen LogP contribution is -2.04. The maximum Gasteiger partial charge on any atom is 0.115 e. The molecule has 0 saturated heterocycles. The molecule has 1 unspecified atom stereocenters. The quantitative estimate of drug-likeness (QED) is 0.727. The van der Waals surface area contributed by atoms with Gasteiger partial charge >= 0.3 is 0 Å². The van der Waals surface area contributed by atoms with E-state index in [0.29, 0.717) is 12.8 Å². The molecule has 0 spiro atoms. The zero-order chi connectivity index (χ0) is 10.9. The molecule has 1 rings (SSSR count). The van der Waals surface area contributed by atoms with E-state index in [2.05, 4.69) is 11.8 Å². The second-order valence-electron chi connectivity index (χ2n) is 3.33. The molecule has 0 saturated carbocycles. The van der Waals surface area contributed by atoms with E-state index in [4.69, 9.17) is 5.11 Å². The minimum atomic E-state index is -0.586. The van der Waals surface area contributed by atoms with Crippen LogP contribution in [0.4, 0.5) is 0 Å². The molecule has 2 nitrogen and oxygen atoms in total. The van der Waals surface area contributed by atoms with Gasteiger partial charge in [0.1, 0.15) is 6.10 Å². The van der Waals surface area contributed by atoms with E-state index < -0.39 is 6.10 Å². The minimum Gasteiger partial charge on any atom is -0.395 e. The van der Waals surface area contributed by atoms with Gasteiger partial charge in [-0.05, 0) is 18.4 Å². The van der Waals surface area contributed by atoms with E-state index in [1.54, 1.807) is 0 Å². The third-order valence-electron chi connectivity index (χ3n) is 2.05. The average molecular weight is 204 g/mol. The van der Waals surface area contributed by atoms with Crippen LogP contribution >= 0.6 is 0 Å². The molecule has 80 valence electrons. The van der Waals surface area contributed by atoms with Crippen molar-refractivity contribution in [3.05, 3.63) is 35.9 Å². The van der Waals surface area contributed by atoms with Gasteiger partial charge in [-0.15, -0.1) is 0 Å². The Morgan fingerprint density at radius 2 is 1.93 bits per heavy atom. The van der Waals surface area contributed by atoms with E-state index in [9.17, 15) is 5.11 Å². The molecule has 2 N–H and O–H groups in total. The van der Waals surface area contributed by atoms with Crippen LogP contribution < -0.4 is 0 Å². The summed E-state index contributed by atoms with van der Waals surface area (Å²) in [5, 5.41) is 18.0. The molecule has 0 fully saturated rings. The third kappa shape index (κ3) is 5.21. The molecule has 15 heavy (non-hydrogen) atoms. The predicted molar refractivity (Wildman–Crippen MR) is 60.2 cm³/mol. The lowest BCUT2D eigenvalue weighted by molar-refractivity contribution is 0.222. The normalized spacial score (nSPS) is 11.6. The summed E-state index contributed by atoms with van der Waals surface area (Å²) in [4.78, 5) is 0. The van der Waals surface area contributed by atoms with Crippen molar-refractivity contribution in [3.8, 4) is 11.8 Å². The summed E-state index contributed by atoms with van der Waals surface area (Å²) in [6, 6.07) is 10.0. The van der Waals surface area contributed by atoms with E-state index >= 15 is 0 Å². The Morgan fingerprint density at radius 3 is 2.60 bits per heavy atom. The molecule has 1 aromatic rings. The first-order valence-corrected chi connectivity index (χ1v) is 5.14. The van der Waals surface area contributed by atoms with Crippen molar-refractivity contribution in [3.63, 3.8) is 0 Å². The monoisotopic (exact) mass is 204 g/mol. The number of aryl methyl sites for hydroxylation is 1. The molecule has 2 heteroatoms. The first kappa shape index (κ1) is 11.8. The lowest BCUT2D eigenvalue weighted by Gasteiger charge is -2.02. The van der Waals surface area contributed by atoms with Crippen LogP contribution in [-0.2, 0) is 6.42 Å². The van der Waals surface area contributed by atoms with Gasteiger partial charge in [0.15, 0.2) is 0 Å². The second kappa shape index (κ2) is 7.05. The largest absolute Gasteiger partial charge is 0.395 e. The predicted octanol–water partition coefficient (Wildman–Crippen LogP) is 1.37. The van der Waals surface area contributed by atoms with Gasteiger partial charge in [0.25, 0.3) is 0 Å². The maximum absolute atomic E-state index is 9.48. The van der Waals surface area contributed by atoms with Gasteiger partial charge < -0.3 is 10.2 Å². The summed E-state index contributed by atoms with van der Waals surface area (Å²) in [5.74, 6) is 5.42. The standard InChI is InChI=1S/C13H16O2/c14-11-5-4-8-13(15)10-9-12-6-2-1-3-7-12/h1-3,6-7,13-15H,5,9-11H2. The van der Waals surface area contributed by atoms with Crippen LogP contribution in [0, 0.1) is 11.8 Å². The fourth-order valence-electron chi connectivity index (χ4n) is 1.27. The van der Waals surface area contributed by atoms with Crippen LogP contribution in [0.3, 0.4) is 0 Å². The molecule has 1 atom stereocenters. The van der Waals surface area contributed by atoms with Crippen molar-refractivity contribution in [2.24, 2.45) is 0 Å². The number of aliphatic hydroxyl groups excluding tert-OH is 2. The molecule has 0 aliphatic heterocycles. The van der Waals surface area contributed by atoms with Crippen molar-refractivity contribution < 1.29 is 10.2 Å². The highest BCUT2D eigenvalue weighted by Gasteiger charge is 1.99. The zero-order valence-electron chi connectivity index (χ0n) is 8.69. The molecule has 0 bridgehead atoms. The molecule has 0 radical (unpaired) electrons. The van der Waals surface area contributed by atoms with Crippen LogP contribution in [0.1, 0.15) is 18.4 Å². The molecule has 0 aromatic heterocycles. The van der Waals surface area contributed by atoms with Gasteiger partial charge in [0.05, 0.1) is 6.61 Å². The van der Waals surface area contributed by atoms with Gasteiger partial charge in [-0.25, -0.2) is 0 Å². The highest BCUT2D eigenvalue weighted by atomic mass is 16.3. The molecule has 1 aromatic carbocycles. The summed E-state index contributed by atoms with van der Waals surface area (Å²) >= 11 is 0. The zero-order valence-corrected chi connectivity index (χ0v) is 8.69. The number of rotatable bonds is 4. The van der Waals surface area contributed by atoms with Crippen molar-refractivity contribution >= 4 is 0 Å². The highest BCUT2D eigenvalue weighted by Crippen LogP contribution is 2.04. The smallest absolute Gasteiger partial charge is 0.115 e. The summed E-state index contributed by atoms with van der Waals surface area (Å²) < 4.78 is 0. The average Bonchev–Trinajstić information content (AvgIpc) is 2.28. The van der Waals surface area contributed by atoms with E-state index in [-0.39, 0.29) is 6.61 Å². The van der Waals surface area contributed by atoms with E-state index in [1.165, 1.54) is 5.56 Å². The minimum absolute atomic E-state index is 0.0540. The topological polar surface area (TPSA) is 40.5 Å². The molecular weight excluding hydrogens is 188 g/mol. The maximum atomic E-state index is 9.48. The first-order chi connectivity index (χ1) is 7.33. The fraction of sp³-hybridized carbons (Fsp3) is 0.385.